The monoisotopic (exact) mass is 364 g/mol. The minimum atomic E-state index is -4.59. The molecule has 1 aromatic rings. The van der Waals surface area contributed by atoms with Crippen molar-refractivity contribution in [2.24, 2.45) is 0 Å². The van der Waals surface area contributed by atoms with Gasteiger partial charge < -0.3 is 5.32 Å². The molecule has 24 heavy (non-hydrogen) atoms. The van der Waals surface area contributed by atoms with Crippen molar-refractivity contribution >= 4 is 21.6 Å². The zero-order valence-electron chi connectivity index (χ0n) is 13.0. The smallest absolute Gasteiger partial charge is 0.325 e. The van der Waals surface area contributed by atoms with Crippen LogP contribution in [0.2, 0.25) is 0 Å². The Labute approximate surface area is 138 Å². The van der Waals surface area contributed by atoms with E-state index in [1.165, 1.54) is 16.4 Å². The second kappa shape index (κ2) is 7.52. The standard InChI is InChI=1S/C15H19F3N2O3S/c16-15(17,18)12-6-2-3-7-13(12)19-14(21)8-11-24(22,23)20-9-4-1-5-10-20/h2-3,6-7H,1,4-5,8-11H2,(H,19,21). The maximum Gasteiger partial charge on any atom is 0.418 e. The molecule has 1 amide bonds. The van der Waals surface area contributed by atoms with Gasteiger partial charge in [0.1, 0.15) is 0 Å². The van der Waals surface area contributed by atoms with E-state index in [1.807, 2.05) is 0 Å². The van der Waals surface area contributed by atoms with Crippen LogP contribution in [0.4, 0.5) is 18.9 Å². The topological polar surface area (TPSA) is 66.5 Å². The van der Waals surface area contributed by atoms with Crippen molar-refractivity contribution < 1.29 is 26.4 Å². The lowest BCUT2D eigenvalue weighted by atomic mass is 10.1. The zero-order valence-corrected chi connectivity index (χ0v) is 13.8. The van der Waals surface area contributed by atoms with Gasteiger partial charge in [-0.25, -0.2) is 12.7 Å². The van der Waals surface area contributed by atoms with E-state index in [0.717, 1.165) is 31.4 Å². The van der Waals surface area contributed by atoms with E-state index in [1.54, 1.807) is 0 Å². The number of para-hydroxylation sites is 1. The number of hydrogen-bond donors (Lipinski definition) is 1. The first-order chi connectivity index (χ1) is 11.2. The summed E-state index contributed by atoms with van der Waals surface area (Å²) in [5.74, 6) is -1.17. The van der Waals surface area contributed by atoms with E-state index in [9.17, 15) is 26.4 Å². The van der Waals surface area contributed by atoms with Gasteiger partial charge in [-0.15, -0.1) is 0 Å². The van der Waals surface area contributed by atoms with Gasteiger partial charge in [0.2, 0.25) is 15.9 Å². The molecule has 0 atom stereocenters. The van der Waals surface area contributed by atoms with E-state index in [-0.39, 0.29) is 12.1 Å². The van der Waals surface area contributed by atoms with Crippen LogP contribution in [0, 0.1) is 0 Å². The molecular formula is C15H19F3N2O3S. The first-order valence-corrected chi connectivity index (χ1v) is 9.25. The molecule has 1 heterocycles. The number of benzene rings is 1. The molecule has 9 heteroatoms. The van der Waals surface area contributed by atoms with Crippen molar-refractivity contribution in [3.05, 3.63) is 29.8 Å². The molecule has 1 aliphatic rings. The fourth-order valence-electron chi connectivity index (χ4n) is 2.55. The fraction of sp³-hybridized carbons (Fsp3) is 0.533. The van der Waals surface area contributed by atoms with E-state index < -0.39 is 33.4 Å². The second-order valence-corrected chi connectivity index (χ2v) is 7.71. The molecule has 0 bridgehead atoms. The maximum absolute atomic E-state index is 12.9. The molecule has 1 fully saturated rings. The highest BCUT2D eigenvalue weighted by Crippen LogP contribution is 2.34. The van der Waals surface area contributed by atoms with Crippen LogP contribution >= 0.6 is 0 Å². The molecule has 0 spiro atoms. The predicted molar refractivity (Wildman–Crippen MR) is 83.9 cm³/mol. The highest BCUT2D eigenvalue weighted by Gasteiger charge is 2.33. The Balaban J connectivity index is 1.97. The van der Waals surface area contributed by atoms with Crippen molar-refractivity contribution in [3.8, 4) is 0 Å². The summed E-state index contributed by atoms with van der Waals surface area (Å²) in [4.78, 5) is 11.9. The lowest BCUT2D eigenvalue weighted by Gasteiger charge is -2.25. The molecule has 0 saturated carbocycles. The number of sulfonamides is 1. The number of anilines is 1. The van der Waals surface area contributed by atoms with Gasteiger partial charge in [0.25, 0.3) is 0 Å². The Kier molecular flexibility index (Phi) is 5.87. The van der Waals surface area contributed by atoms with Gasteiger partial charge in [0.05, 0.1) is 17.0 Å². The van der Waals surface area contributed by atoms with Crippen LogP contribution in [0.25, 0.3) is 0 Å². The quantitative estimate of drug-likeness (QED) is 0.874. The molecule has 1 N–H and O–H groups in total. The second-order valence-electron chi connectivity index (χ2n) is 5.62. The van der Waals surface area contributed by atoms with E-state index in [4.69, 9.17) is 0 Å². The van der Waals surface area contributed by atoms with Crippen LogP contribution in [0.3, 0.4) is 0 Å². The summed E-state index contributed by atoms with van der Waals surface area (Å²) in [5, 5.41) is 2.15. The maximum atomic E-state index is 12.9. The van der Waals surface area contributed by atoms with Gasteiger partial charge in [0.15, 0.2) is 0 Å². The highest BCUT2D eigenvalue weighted by atomic mass is 32.2. The third-order valence-electron chi connectivity index (χ3n) is 3.80. The lowest BCUT2D eigenvalue weighted by Crippen LogP contribution is -2.38. The first-order valence-electron chi connectivity index (χ1n) is 7.64. The molecule has 2 rings (SSSR count). The number of piperidine rings is 1. The van der Waals surface area contributed by atoms with Crippen LogP contribution in [-0.2, 0) is 21.0 Å². The number of halogens is 3. The third kappa shape index (κ3) is 4.94. The van der Waals surface area contributed by atoms with Gasteiger partial charge >= 0.3 is 6.18 Å². The molecule has 1 aliphatic heterocycles. The highest BCUT2D eigenvalue weighted by molar-refractivity contribution is 7.89. The van der Waals surface area contributed by atoms with Crippen molar-refractivity contribution in [2.75, 3.05) is 24.2 Å². The summed E-state index contributed by atoms with van der Waals surface area (Å²) in [5.41, 5.74) is -1.33. The first kappa shape index (κ1) is 18.7. The lowest BCUT2D eigenvalue weighted by molar-refractivity contribution is -0.137. The number of carbonyl (C=O) groups excluding carboxylic acids is 1. The van der Waals surface area contributed by atoms with Crippen LogP contribution in [0.15, 0.2) is 24.3 Å². The third-order valence-corrected chi connectivity index (χ3v) is 5.67. The average molecular weight is 364 g/mol. The molecule has 5 nitrogen and oxygen atoms in total. The molecule has 1 aromatic carbocycles. The average Bonchev–Trinajstić information content (AvgIpc) is 2.53. The summed E-state index contributed by atoms with van der Waals surface area (Å²) in [6, 6.07) is 4.59. The number of hydrogen-bond acceptors (Lipinski definition) is 3. The largest absolute Gasteiger partial charge is 0.418 e. The number of amides is 1. The van der Waals surface area contributed by atoms with E-state index in [2.05, 4.69) is 5.32 Å². The van der Waals surface area contributed by atoms with E-state index >= 15 is 0 Å². The van der Waals surface area contributed by atoms with Crippen molar-refractivity contribution in [3.63, 3.8) is 0 Å². The van der Waals surface area contributed by atoms with Crippen LogP contribution in [0.1, 0.15) is 31.2 Å². The molecule has 0 unspecified atom stereocenters. The molecule has 0 radical (unpaired) electrons. The van der Waals surface area contributed by atoms with Crippen molar-refractivity contribution in [1.29, 1.82) is 0 Å². The normalized spacial score (nSPS) is 16.8. The molecular weight excluding hydrogens is 345 g/mol. The Hall–Kier alpha value is -1.61. The molecule has 134 valence electrons. The van der Waals surface area contributed by atoms with Crippen molar-refractivity contribution in [1.82, 2.24) is 4.31 Å². The summed E-state index contributed by atoms with van der Waals surface area (Å²) in [7, 11) is -3.56. The molecule has 0 aliphatic carbocycles. The minimum Gasteiger partial charge on any atom is -0.325 e. The Morgan fingerprint density at radius 2 is 1.75 bits per heavy atom. The van der Waals surface area contributed by atoms with Crippen molar-refractivity contribution in [2.45, 2.75) is 31.9 Å². The van der Waals surface area contributed by atoms with Crippen LogP contribution in [0.5, 0.6) is 0 Å². The summed E-state index contributed by atoms with van der Waals surface area (Å²) in [6.45, 7) is 0.863. The number of rotatable bonds is 5. The van der Waals surface area contributed by atoms with Gasteiger partial charge in [-0.1, -0.05) is 18.6 Å². The van der Waals surface area contributed by atoms with Gasteiger partial charge in [-0.3, -0.25) is 4.79 Å². The zero-order chi connectivity index (χ0) is 17.8. The Bertz CT molecular complexity index is 683. The minimum absolute atomic E-state index is 0.370. The van der Waals surface area contributed by atoms with Gasteiger partial charge in [-0.2, -0.15) is 13.2 Å². The van der Waals surface area contributed by atoms with Crippen LogP contribution in [-0.4, -0.2) is 37.5 Å². The molecule has 0 aromatic heterocycles. The summed E-state index contributed by atoms with van der Waals surface area (Å²) in [6.07, 6.45) is -2.44. The number of nitrogens with zero attached hydrogens (tertiary/aromatic N) is 1. The number of carbonyl (C=O) groups is 1. The van der Waals surface area contributed by atoms with Gasteiger partial charge in [0, 0.05) is 19.5 Å². The molecule has 1 saturated heterocycles. The number of nitrogens with one attached hydrogen (secondary N) is 1. The van der Waals surface area contributed by atoms with Gasteiger partial charge in [-0.05, 0) is 25.0 Å². The Morgan fingerprint density at radius 1 is 1.12 bits per heavy atom. The SMILES string of the molecule is O=C(CCS(=O)(=O)N1CCCCC1)Nc1ccccc1C(F)(F)F. The predicted octanol–water partition coefficient (Wildman–Crippen LogP) is 2.85. The fourth-order valence-corrected chi connectivity index (χ4v) is 4.06. The summed E-state index contributed by atoms with van der Waals surface area (Å²) >= 11 is 0. The summed E-state index contributed by atoms with van der Waals surface area (Å²) < 4.78 is 64.2. The van der Waals surface area contributed by atoms with E-state index in [0.29, 0.717) is 13.1 Å². The Morgan fingerprint density at radius 3 is 2.38 bits per heavy atom. The van der Waals surface area contributed by atoms with Crippen LogP contribution < -0.4 is 5.32 Å². The number of alkyl halides is 3.